The molecule has 0 fully saturated rings. The van der Waals surface area contributed by atoms with Crippen molar-refractivity contribution in [3.05, 3.63) is 53.5 Å². The highest BCUT2D eigenvalue weighted by molar-refractivity contribution is 7.89. The number of rotatable bonds is 4. The van der Waals surface area contributed by atoms with Crippen LogP contribution in [0.15, 0.2) is 41.3 Å². The average Bonchev–Trinajstić information content (AvgIpc) is 3.04. The molecule has 0 amide bonds. The van der Waals surface area contributed by atoms with Gasteiger partial charge in [-0.3, -0.25) is 0 Å². The fourth-order valence-electron chi connectivity index (χ4n) is 3.52. The number of fused-ring (bicyclic) bond motifs is 3. The third kappa shape index (κ3) is 2.94. The first-order valence-corrected chi connectivity index (χ1v) is 9.89. The van der Waals surface area contributed by atoms with Crippen LogP contribution in [0, 0.1) is 5.82 Å². The van der Waals surface area contributed by atoms with Gasteiger partial charge in [-0.1, -0.05) is 0 Å². The average molecular weight is 390 g/mol. The summed E-state index contributed by atoms with van der Waals surface area (Å²) in [6, 6.07) is 9.24. The van der Waals surface area contributed by atoms with Crippen LogP contribution in [0.5, 0.6) is 11.5 Å². The Balaban J connectivity index is 1.74. The van der Waals surface area contributed by atoms with Gasteiger partial charge in [0, 0.05) is 29.2 Å². The Kier molecular flexibility index (Phi) is 4.32. The zero-order valence-electron chi connectivity index (χ0n) is 15.0. The van der Waals surface area contributed by atoms with Gasteiger partial charge in [-0.15, -0.1) is 0 Å². The Morgan fingerprint density at radius 1 is 1.11 bits per heavy atom. The van der Waals surface area contributed by atoms with E-state index >= 15 is 0 Å². The topological polar surface area (TPSA) is 71.6 Å². The lowest BCUT2D eigenvalue weighted by atomic mass is 10.0. The van der Waals surface area contributed by atoms with E-state index in [0.29, 0.717) is 18.7 Å². The molecular weight excluding hydrogens is 371 g/mol. The van der Waals surface area contributed by atoms with Crippen LogP contribution < -0.4 is 9.47 Å². The minimum Gasteiger partial charge on any atom is -0.497 e. The van der Waals surface area contributed by atoms with Gasteiger partial charge in [0.15, 0.2) is 0 Å². The maximum atomic E-state index is 13.6. The first-order valence-electron chi connectivity index (χ1n) is 8.45. The molecule has 2 heterocycles. The highest BCUT2D eigenvalue weighted by Gasteiger charge is 2.32. The first kappa shape index (κ1) is 17.8. The number of sulfonamides is 1. The van der Waals surface area contributed by atoms with Crippen LogP contribution >= 0.6 is 0 Å². The van der Waals surface area contributed by atoms with E-state index in [2.05, 4.69) is 4.98 Å². The molecule has 1 N–H and O–H groups in total. The van der Waals surface area contributed by atoms with Crippen molar-refractivity contribution in [2.75, 3.05) is 20.8 Å². The van der Waals surface area contributed by atoms with E-state index in [1.54, 1.807) is 18.2 Å². The fourth-order valence-corrected chi connectivity index (χ4v) is 5.10. The van der Waals surface area contributed by atoms with Crippen LogP contribution in [0.3, 0.4) is 0 Å². The second kappa shape index (κ2) is 6.54. The van der Waals surface area contributed by atoms with Crippen molar-refractivity contribution >= 4 is 20.9 Å². The SMILES string of the molecule is COc1ccc(OC)c(S(=O)(=O)N2CCc3c([nH]c4ccc(F)cc34)C2)c1. The number of benzene rings is 2. The molecule has 0 atom stereocenters. The summed E-state index contributed by atoms with van der Waals surface area (Å²) in [4.78, 5) is 3.28. The Hall–Kier alpha value is -2.58. The summed E-state index contributed by atoms with van der Waals surface area (Å²) in [6.07, 6.45) is 0.504. The first-order chi connectivity index (χ1) is 12.9. The molecule has 27 heavy (non-hydrogen) atoms. The maximum Gasteiger partial charge on any atom is 0.247 e. The van der Waals surface area contributed by atoms with Crippen molar-refractivity contribution in [2.45, 2.75) is 17.9 Å². The number of aromatic amines is 1. The van der Waals surface area contributed by atoms with Gasteiger partial charge in [-0.05, 0) is 42.3 Å². The van der Waals surface area contributed by atoms with Gasteiger partial charge in [-0.2, -0.15) is 4.31 Å². The minimum atomic E-state index is -3.79. The van der Waals surface area contributed by atoms with Gasteiger partial charge in [0.25, 0.3) is 0 Å². The van der Waals surface area contributed by atoms with Gasteiger partial charge in [0.1, 0.15) is 22.2 Å². The quantitative estimate of drug-likeness (QED) is 0.743. The van der Waals surface area contributed by atoms with Crippen LogP contribution in [0.25, 0.3) is 10.9 Å². The van der Waals surface area contributed by atoms with Gasteiger partial charge < -0.3 is 14.5 Å². The Morgan fingerprint density at radius 3 is 2.67 bits per heavy atom. The molecule has 0 saturated carbocycles. The maximum absolute atomic E-state index is 13.6. The third-order valence-corrected chi connectivity index (χ3v) is 6.76. The van der Waals surface area contributed by atoms with E-state index in [-0.39, 0.29) is 23.0 Å². The van der Waals surface area contributed by atoms with E-state index in [1.807, 2.05) is 0 Å². The summed E-state index contributed by atoms with van der Waals surface area (Å²) >= 11 is 0. The predicted molar refractivity (Wildman–Crippen MR) is 99.1 cm³/mol. The molecule has 0 spiro atoms. The van der Waals surface area contributed by atoms with Crippen LogP contribution in [-0.4, -0.2) is 38.5 Å². The summed E-state index contributed by atoms with van der Waals surface area (Å²) in [5.41, 5.74) is 2.56. The van der Waals surface area contributed by atoms with Crippen molar-refractivity contribution in [1.82, 2.24) is 9.29 Å². The molecule has 1 aliphatic rings. The van der Waals surface area contributed by atoms with Crippen molar-refractivity contribution in [3.63, 3.8) is 0 Å². The molecule has 1 aromatic heterocycles. The van der Waals surface area contributed by atoms with E-state index in [9.17, 15) is 12.8 Å². The molecule has 0 radical (unpaired) electrons. The molecule has 3 aromatic rings. The Bertz CT molecular complexity index is 1120. The lowest BCUT2D eigenvalue weighted by Crippen LogP contribution is -2.36. The molecule has 142 valence electrons. The molecule has 8 heteroatoms. The number of H-pyrrole nitrogens is 1. The molecule has 0 aliphatic carbocycles. The molecule has 0 bridgehead atoms. The number of nitrogens with zero attached hydrogens (tertiary/aromatic N) is 1. The highest BCUT2D eigenvalue weighted by Crippen LogP contribution is 2.34. The zero-order chi connectivity index (χ0) is 19.2. The summed E-state index contributed by atoms with van der Waals surface area (Å²) < 4.78 is 51.8. The molecular formula is C19H19FN2O4S. The number of methoxy groups -OCH3 is 2. The van der Waals surface area contributed by atoms with Gasteiger partial charge >= 0.3 is 0 Å². The fraction of sp³-hybridized carbons (Fsp3) is 0.263. The lowest BCUT2D eigenvalue weighted by Gasteiger charge is -2.27. The monoisotopic (exact) mass is 390 g/mol. The largest absolute Gasteiger partial charge is 0.497 e. The van der Waals surface area contributed by atoms with Crippen molar-refractivity contribution in [1.29, 1.82) is 0 Å². The van der Waals surface area contributed by atoms with Gasteiger partial charge in [0.2, 0.25) is 10.0 Å². The minimum absolute atomic E-state index is 0.0648. The Morgan fingerprint density at radius 2 is 1.93 bits per heavy atom. The highest BCUT2D eigenvalue weighted by atomic mass is 32.2. The van der Waals surface area contributed by atoms with Gasteiger partial charge in [0.05, 0.1) is 20.8 Å². The second-order valence-electron chi connectivity index (χ2n) is 6.38. The summed E-state index contributed by atoms with van der Waals surface area (Å²) in [7, 11) is -0.878. The smallest absolute Gasteiger partial charge is 0.247 e. The van der Waals surface area contributed by atoms with Crippen LogP contribution in [0.2, 0.25) is 0 Å². The lowest BCUT2D eigenvalue weighted by molar-refractivity contribution is 0.372. The Labute approximate surface area is 156 Å². The number of hydrogen-bond donors (Lipinski definition) is 1. The second-order valence-corrected chi connectivity index (χ2v) is 8.28. The van der Waals surface area contributed by atoms with Crippen LogP contribution in [-0.2, 0) is 23.0 Å². The number of nitrogens with one attached hydrogen (secondary N) is 1. The standard InChI is InChI=1S/C19H19FN2O4S/c1-25-13-4-6-18(26-2)19(10-13)27(23,24)22-8-7-14-15-9-12(20)3-5-16(15)21-17(14)11-22/h3-6,9-10,21H,7-8,11H2,1-2H3. The number of ether oxygens (including phenoxy) is 2. The number of aromatic nitrogens is 1. The summed E-state index contributed by atoms with van der Waals surface area (Å²) in [6.45, 7) is 0.494. The molecule has 4 rings (SSSR count). The molecule has 2 aromatic carbocycles. The van der Waals surface area contributed by atoms with Crippen molar-refractivity contribution in [2.24, 2.45) is 0 Å². The van der Waals surface area contributed by atoms with Crippen LogP contribution in [0.4, 0.5) is 4.39 Å². The summed E-state index contributed by atoms with van der Waals surface area (Å²) in [5.74, 6) is 0.397. The normalized spacial score (nSPS) is 14.9. The third-order valence-electron chi connectivity index (χ3n) is 4.89. The van der Waals surface area contributed by atoms with Gasteiger partial charge in [-0.25, -0.2) is 12.8 Å². The van der Waals surface area contributed by atoms with Crippen molar-refractivity contribution in [3.8, 4) is 11.5 Å². The van der Waals surface area contributed by atoms with Crippen molar-refractivity contribution < 1.29 is 22.3 Å². The molecule has 0 saturated heterocycles. The molecule has 1 aliphatic heterocycles. The molecule has 0 unspecified atom stereocenters. The van der Waals surface area contributed by atoms with E-state index < -0.39 is 10.0 Å². The number of halogens is 1. The van der Waals surface area contributed by atoms with E-state index in [1.165, 1.54) is 36.7 Å². The van der Waals surface area contributed by atoms with E-state index in [0.717, 1.165) is 22.2 Å². The number of hydrogen-bond acceptors (Lipinski definition) is 4. The summed E-state index contributed by atoms with van der Waals surface area (Å²) in [5, 5.41) is 0.806. The predicted octanol–water partition coefficient (Wildman–Crippen LogP) is 3.07. The van der Waals surface area contributed by atoms with Crippen LogP contribution in [0.1, 0.15) is 11.3 Å². The molecule has 6 nitrogen and oxygen atoms in total. The van der Waals surface area contributed by atoms with E-state index in [4.69, 9.17) is 9.47 Å². The zero-order valence-corrected chi connectivity index (χ0v) is 15.8.